The average Bonchev–Trinajstić information content (AvgIpc) is 3.75. The number of methoxy groups -OCH3 is 1. The molecule has 1 saturated carbocycles. The first-order valence-corrected chi connectivity index (χ1v) is 14.7. The molecule has 0 radical (unpaired) electrons. The molecule has 232 valence electrons. The number of carbonyl (C=O) groups is 1. The summed E-state index contributed by atoms with van der Waals surface area (Å²) in [5.74, 6) is 0.422. The second-order valence-corrected chi connectivity index (χ2v) is 11.3. The summed E-state index contributed by atoms with van der Waals surface area (Å²) in [7, 11) is 1.63. The van der Waals surface area contributed by atoms with E-state index in [-0.39, 0.29) is 12.2 Å². The maximum absolute atomic E-state index is 13.7. The topological polar surface area (TPSA) is 91.4 Å². The summed E-state index contributed by atoms with van der Waals surface area (Å²) in [5.41, 5.74) is 8.38. The van der Waals surface area contributed by atoms with Crippen LogP contribution in [0.15, 0.2) is 84.9 Å². The number of alkyl halides is 3. The molecule has 1 fully saturated rings. The SMILES string of the molecule is COc1cc(C)c2ccccc2c1C(OCC1CC1)c1cccc(NC(=O)c2cc(C(F)(F)F)nn2-c2cccc(CN)c2)c1. The van der Waals surface area contributed by atoms with E-state index in [0.717, 1.165) is 51.1 Å². The van der Waals surface area contributed by atoms with E-state index < -0.39 is 23.9 Å². The highest BCUT2D eigenvalue weighted by molar-refractivity contribution is 6.03. The van der Waals surface area contributed by atoms with Gasteiger partial charge < -0.3 is 20.5 Å². The van der Waals surface area contributed by atoms with Crippen molar-refractivity contribution in [3.8, 4) is 11.4 Å². The molecule has 4 aromatic carbocycles. The van der Waals surface area contributed by atoms with Crippen LogP contribution in [0.1, 0.15) is 57.4 Å². The first-order chi connectivity index (χ1) is 21.7. The van der Waals surface area contributed by atoms with Crippen LogP contribution in [0.5, 0.6) is 5.75 Å². The van der Waals surface area contributed by atoms with Gasteiger partial charge in [-0.3, -0.25) is 4.79 Å². The number of rotatable bonds is 10. The fourth-order valence-corrected chi connectivity index (χ4v) is 5.52. The maximum Gasteiger partial charge on any atom is 0.435 e. The highest BCUT2D eigenvalue weighted by Crippen LogP contribution is 2.42. The van der Waals surface area contributed by atoms with Gasteiger partial charge >= 0.3 is 6.18 Å². The predicted octanol–water partition coefficient (Wildman–Crippen LogP) is 7.59. The van der Waals surface area contributed by atoms with Gasteiger partial charge in [-0.05, 0) is 83.5 Å². The summed E-state index contributed by atoms with van der Waals surface area (Å²) in [6.45, 7) is 2.78. The lowest BCUT2D eigenvalue weighted by molar-refractivity contribution is -0.141. The van der Waals surface area contributed by atoms with Crippen molar-refractivity contribution in [3.63, 3.8) is 0 Å². The summed E-state index contributed by atoms with van der Waals surface area (Å²) in [5, 5.41) is 8.58. The van der Waals surface area contributed by atoms with Gasteiger partial charge in [0.2, 0.25) is 0 Å². The Balaban J connectivity index is 1.38. The molecule has 45 heavy (non-hydrogen) atoms. The van der Waals surface area contributed by atoms with Crippen LogP contribution in [0.4, 0.5) is 18.9 Å². The number of aryl methyl sites for hydroxylation is 1. The Hall–Kier alpha value is -4.67. The number of benzene rings is 4. The molecule has 1 atom stereocenters. The molecule has 7 nitrogen and oxygen atoms in total. The predicted molar refractivity (Wildman–Crippen MR) is 167 cm³/mol. The summed E-state index contributed by atoms with van der Waals surface area (Å²) in [6, 6.07) is 24.5. The third-order valence-corrected chi connectivity index (χ3v) is 8.00. The van der Waals surface area contributed by atoms with E-state index in [1.807, 2.05) is 37.3 Å². The summed E-state index contributed by atoms with van der Waals surface area (Å²) in [6.07, 6.45) is -3.05. The Kier molecular flexibility index (Phi) is 8.35. The van der Waals surface area contributed by atoms with Crippen LogP contribution in [-0.4, -0.2) is 29.4 Å². The van der Waals surface area contributed by atoms with Crippen molar-refractivity contribution in [2.75, 3.05) is 19.0 Å². The van der Waals surface area contributed by atoms with Gasteiger partial charge in [0.05, 0.1) is 19.4 Å². The molecule has 0 spiro atoms. The number of aromatic nitrogens is 2. The van der Waals surface area contributed by atoms with E-state index in [9.17, 15) is 18.0 Å². The molecule has 3 N–H and O–H groups in total. The lowest BCUT2D eigenvalue weighted by Gasteiger charge is -2.24. The van der Waals surface area contributed by atoms with Crippen molar-refractivity contribution in [1.29, 1.82) is 0 Å². The highest BCUT2D eigenvalue weighted by atomic mass is 19.4. The van der Waals surface area contributed by atoms with Gasteiger partial charge in [0.25, 0.3) is 5.91 Å². The molecule has 1 unspecified atom stereocenters. The number of halogens is 3. The smallest absolute Gasteiger partial charge is 0.435 e. The minimum atomic E-state index is -4.74. The van der Waals surface area contributed by atoms with Crippen molar-refractivity contribution >= 4 is 22.4 Å². The summed E-state index contributed by atoms with van der Waals surface area (Å²) in [4.78, 5) is 13.6. The van der Waals surface area contributed by atoms with Gasteiger partial charge in [-0.25, -0.2) is 4.68 Å². The molecule has 0 saturated heterocycles. The molecule has 0 aliphatic heterocycles. The number of ether oxygens (including phenoxy) is 2. The van der Waals surface area contributed by atoms with Gasteiger partial charge in [-0.1, -0.05) is 48.5 Å². The van der Waals surface area contributed by atoms with Crippen LogP contribution in [-0.2, 0) is 17.5 Å². The molecule has 0 bridgehead atoms. The zero-order chi connectivity index (χ0) is 31.7. The Morgan fingerprint density at radius 3 is 2.49 bits per heavy atom. The van der Waals surface area contributed by atoms with E-state index in [4.69, 9.17) is 15.2 Å². The van der Waals surface area contributed by atoms with E-state index >= 15 is 0 Å². The molecule has 1 aliphatic rings. The number of nitrogens with zero attached hydrogens (tertiary/aromatic N) is 2. The van der Waals surface area contributed by atoms with Gasteiger partial charge in [0, 0.05) is 23.9 Å². The molecular weight excluding hydrogens is 581 g/mol. The molecule has 10 heteroatoms. The molecule has 1 aromatic heterocycles. The number of hydrogen-bond donors (Lipinski definition) is 2. The number of carbonyl (C=O) groups excluding carboxylic acids is 1. The van der Waals surface area contributed by atoms with Crippen LogP contribution < -0.4 is 15.8 Å². The highest BCUT2D eigenvalue weighted by Gasteiger charge is 2.36. The van der Waals surface area contributed by atoms with Crippen molar-refractivity contribution in [2.24, 2.45) is 11.7 Å². The van der Waals surface area contributed by atoms with Gasteiger partial charge in [0.15, 0.2) is 5.69 Å². The molecular formula is C35H33F3N4O3. The van der Waals surface area contributed by atoms with Gasteiger partial charge in [-0.2, -0.15) is 18.3 Å². The Labute approximate surface area is 258 Å². The minimum Gasteiger partial charge on any atom is -0.496 e. The quantitative estimate of drug-likeness (QED) is 0.169. The van der Waals surface area contributed by atoms with Crippen LogP contribution >= 0.6 is 0 Å². The second-order valence-electron chi connectivity index (χ2n) is 11.3. The van der Waals surface area contributed by atoms with Crippen molar-refractivity contribution < 1.29 is 27.4 Å². The number of fused-ring (bicyclic) bond motifs is 1. The van der Waals surface area contributed by atoms with Crippen LogP contribution in [0.3, 0.4) is 0 Å². The number of nitrogens with two attached hydrogens (primary N) is 1. The number of anilines is 1. The number of hydrogen-bond acceptors (Lipinski definition) is 5. The van der Waals surface area contributed by atoms with Crippen molar-refractivity contribution in [2.45, 2.75) is 38.6 Å². The standard InChI is InChI=1S/C35H33F3N4O3/c1-21-15-30(44-2)32(28-12-4-3-11-27(21)28)33(45-20-22-13-14-22)24-8-6-9-25(17-24)40-34(43)29-18-31(35(36,37)38)41-42(29)26-10-5-7-23(16-26)19-39/h3-12,15-18,22,33H,13-14,19-20,39H2,1-2H3,(H,40,43). The first kappa shape index (κ1) is 30.4. The normalized spacial score (nSPS) is 14.0. The number of nitrogens with one attached hydrogen (secondary N) is 1. The Morgan fingerprint density at radius 1 is 1.02 bits per heavy atom. The summed E-state index contributed by atoms with van der Waals surface area (Å²) >= 11 is 0. The van der Waals surface area contributed by atoms with E-state index in [2.05, 4.69) is 16.5 Å². The second kappa shape index (κ2) is 12.4. The van der Waals surface area contributed by atoms with E-state index in [1.165, 1.54) is 0 Å². The zero-order valence-electron chi connectivity index (χ0n) is 24.9. The Morgan fingerprint density at radius 2 is 1.78 bits per heavy atom. The molecule has 1 amide bonds. The van der Waals surface area contributed by atoms with E-state index in [1.54, 1.807) is 49.6 Å². The lowest BCUT2D eigenvalue weighted by atomic mass is 9.92. The van der Waals surface area contributed by atoms with Crippen molar-refractivity contribution in [1.82, 2.24) is 9.78 Å². The zero-order valence-corrected chi connectivity index (χ0v) is 24.9. The monoisotopic (exact) mass is 614 g/mol. The van der Waals surface area contributed by atoms with Gasteiger partial charge in [-0.15, -0.1) is 0 Å². The number of amides is 1. The molecule has 1 aliphatic carbocycles. The van der Waals surface area contributed by atoms with Crippen LogP contribution in [0, 0.1) is 12.8 Å². The molecule has 1 heterocycles. The third kappa shape index (κ3) is 6.43. The van der Waals surface area contributed by atoms with Crippen molar-refractivity contribution in [3.05, 3.63) is 119 Å². The average molecular weight is 615 g/mol. The Bertz CT molecular complexity index is 1860. The summed E-state index contributed by atoms with van der Waals surface area (Å²) < 4.78 is 54.6. The van der Waals surface area contributed by atoms with Gasteiger partial charge in [0.1, 0.15) is 17.5 Å². The fourth-order valence-electron chi connectivity index (χ4n) is 5.52. The first-order valence-electron chi connectivity index (χ1n) is 14.7. The van der Waals surface area contributed by atoms with Crippen LogP contribution in [0.2, 0.25) is 0 Å². The lowest BCUT2D eigenvalue weighted by Crippen LogP contribution is -2.17. The fraction of sp³-hybridized carbons (Fsp3) is 0.257. The maximum atomic E-state index is 13.7. The van der Waals surface area contributed by atoms with E-state index in [0.29, 0.717) is 35.2 Å². The largest absolute Gasteiger partial charge is 0.496 e. The minimum absolute atomic E-state index is 0.181. The van der Waals surface area contributed by atoms with Crippen LogP contribution in [0.25, 0.3) is 16.5 Å². The molecule has 5 aromatic rings. The molecule has 6 rings (SSSR count). The third-order valence-electron chi connectivity index (χ3n) is 8.00.